The summed E-state index contributed by atoms with van der Waals surface area (Å²) in [6, 6.07) is 13.1. The van der Waals surface area contributed by atoms with Gasteiger partial charge in [-0.1, -0.05) is 12.1 Å². The smallest absolute Gasteiger partial charge is 0.338 e. The number of carbonyl (C=O) groups is 3. The molecule has 0 saturated carbocycles. The van der Waals surface area contributed by atoms with Gasteiger partial charge < -0.3 is 18.9 Å². The summed E-state index contributed by atoms with van der Waals surface area (Å²) in [5.74, 6) is -0.270. The van der Waals surface area contributed by atoms with E-state index < -0.39 is 23.9 Å². The molecule has 1 unspecified atom stereocenters. The van der Waals surface area contributed by atoms with Crippen LogP contribution in [0.4, 0.5) is 0 Å². The SMILES string of the molecule is CCOC(=O)c1ccc(OCC(=O)NNC(=O)C(C)Oc2ccccc2OC)cc1. The zero-order valence-corrected chi connectivity index (χ0v) is 17.0. The van der Waals surface area contributed by atoms with E-state index in [1.54, 1.807) is 43.3 Å². The maximum atomic E-state index is 12.1. The minimum Gasteiger partial charge on any atom is -0.493 e. The molecule has 0 bridgehead atoms. The van der Waals surface area contributed by atoms with Crippen molar-refractivity contribution in [2.24, 2.45) is 0 Å². The maximum absolute atomic E-state index is 12.1. The van der Waals surface area contributed by atoms with Crippen LogP contribution in [-0.2, 0) is 14.3 Å². The summed E-state index contributed by atoms with van der Waals surface area (Å²) in [7, 11) is 1.50. The Morgan fingerprint density at radius 1 is 0.967 bits per heavy atom. The van der Waals surface area contributed by atoms with Crippen LogP contribution in [0.15, 0.2) is 48.5 Å². The molecule has 0 fully saturated rings. The first-order chi connectivity index (χ1) is 14.4. The van der Waals surface area contributed by atoms with Crippen molar-refractivity contribution >= 4 is 17.8 Å². The Bertz CT molecular complexity index is 868. The van der Waals surface area contributed by atoms with Crippen LogP contribution in [0.25, 0.3) is 0 Å². The van der Waals surface area contributed by atoms with E-state index >= 15 is 0 Å². The average Bonchev–Trinajstić information content (AvgIpc) is 2.76. The number of rotatable bonds is 9. The lowest BCUT2D eigenvalue weighted by molar-refractivity contribution is -0.133. The number of ether oxygens (including phenoxy) is 4. The number of benzene rings is 2. The number of hydrogen-bond acceptors (Lipinski definition) is 7. The van der Waals surface area contributed by atoms with Gasteiger partial charge in [0, 0.05) is 0 Å². The summed E-state index contributed by atoms with van der Waals surface area (Å²) < 4.78 is 20.9. The van der Waals surface area contributed by atoms with E-state index in [-0.39, 0.29) is 13.2 Å². The molecule has 0 aromatic heterocycles. The monoisotopic (exact) mass is 416 g/mol. The summed E-state index contributed by atoms with van der Waals surface area (Å²) in [4.78, 5) is 35.6. The highest BCUT2D eigenvalue weighted by Crippen LogP contribution is 2.26. The van der Waals surface area contributed by atoms with Crippen LogP contribution in [0.5, 0.6) is 17.2 Å². The molecule has 9 nitrogen and oxygen atoms in total. The van der Waals surface area contributed by atoms with Gasteiger partial charge in [-0.05, 0) is 50.2 Å². The van der Waals surface area contributed by atoms with Crippen molar-refractivity contribution in [2.45, 2.75) is 20.0 Å². The number of hydrazine groups is 1. The van der Waals surface area contributed by atoms with Gasteiger partial charge in [-0.2, -0.15) is 0 Å². The van der Waals surface area contributed by atoms with E-state index in [2.05, 4.69) is 10.9 Å². The van der Waals surface area contributed by atoms with Crippen molar-refractivity contribution in [3.63, 3.8) is 0 Å². The molecule has 2 rings (SSSR count). The fraction of sp³-hybridized carbons (Fsp3) is 0.286. The van der Waals surface area contributed by atoms with Crippen molar-refractivity contribution in [1.82, 2.24) is 10.9 Å². The Balaban J connectivity index is 1.76. The van der Waals surface area contributed by atoms with Gasteiger partial charge in [0.2, 0.25) is 0 Å². The molecule has 160 valence electrons. The second kappa shape index (κ2) is 11.3. The summed E-state index contributed by atoms with van der Waals surface area (Å²) in [6.45, 7) is 3.21. The molecule has 2 amide bonds. The van der Waals surface area contributed by atoms with Crippen molar-refractivity contribution in [3.05, 3.63) is 54.1 Å². The molecule has 1 atom stereocenters. The van der Waals surface area contributed by atoms with Crippen LogP contribution in [0.3, 0.4) is 0 Å². The van der Waals surface area contributed by atoms with E-state index in [0.29, 0.717) is 22.8 Å². The summed E-state index contributed by atoms with van der Waals surface area (Å²) in [5.41, 5.74) is 4.89. The third kappa shape index (κ3) is 6.69. The average molecular weight is 416 g/mol. The lowest BCUT2D eigenvalue weighted by Crippen LogP contribution is -2.48. The van der Waals surface area contributed by atoms with Gasteiger partial charge in [0.15, 0.2) is 24.2 Å². The fourth-order valence-electron chi connectivity index (χ4n) is 2.28. The number of methoxy groups -OCH3 is 1. The second-order valence-electron chi connectivity index (χ2n) is 5.98. The highest BCUT2D eigenvalue weighted by atomic mass is 16.5. The molecule has 2 N–H and O–H groups in total. The molecule has 0 aliphatic rings. The highest BCUT2D eigenvalue weighted by molar-refractivity contribution is 5.89. The van der Waals surface area contributed by atoms with Gasteiger partial charge in [0.05, 0.1) is 19.3 Å². The minimum absolute atomic E-state index is 0.283. The summed E-state index contributed by atoms with van der Waals surface area (Å²) in [6.07, 6.45) is -0.877. The van der Waals surface area contributed by atoms with E-state index in [1.807, 2.05) is 0 Å². The molecular weight excluding hydrogens is 392 g/mol. The largest absolute Gasteiger partial charge is 0.493 e. The number of amides is 2. The number of carbonyl (C=O) groups excluding carboxylic acids is 3. The molecule has 0 spiro atoms. The molecule has 2 aromatic carbocycles. The van der Waals surface area contributed by atoms with Crippen LogP contribution >= 0.6 is 0 Å². The van der Waals surface area contributed by atoms with Crippen molar-refractivity contribution in [1.29, 1.82) is 0 Å². The van der Waals surface area contributed by atoms with Gasteiger partial charge in [-0.3, -0.25) is 20.4 Å². The molecular formula is C21H24N2O7. The number of esters is 1. The molecule has 0 aliphatic carbocycles. The Hall–Kier alpha value is -3.75. The zero-order valence-electron chi connectivity index (χ0n) is 17.0. The molecule has 0 saturated heterocycles. The van der Waals surface area contributed by atoms with E-state index in [9.17, 15) is 14.4 Å². The van der Waals surface area contributed by atoms with Gasteiger partial charge in [0.25, 0.3) is 11.8 Å². The first kappa shape index (κ1) is 22.5. The molecule has 0 heterocycles. The zero-order chi connectivity index (χ0) is 21.9. The summed E-state index contributed by atoms with van der Waals surface area (Å²) in [5, 5.41) is 0. The van der Waals surface area contributed by atoms with Crippen LogP contribution in [0.2, 0.25) is 0 Å². The molecule has 2 aromatic rings. The van der Waals surface area contributed by atoms with Gasteiger partial charge in [-0.25, -0.2) is 4.79 Å². The van der Waals surface area contributed by atoms with Crippen LogP contribution < -0.4 is 25.1 Å². The van der Waals surface area contributed by atoms with Crippen LogP contribution in [0, 0.1) is 0 Å². The van der Waals surface area contributed by atoms with E-state index in [4.69, 9.17) is 18.9 Å². The Morgan fingerprint density at radius 2 is 1.63 bits per heavy atom. The number of nitrogens with one attached hydrogen (secondary N) is 2. The normalized spacial score (nSPS) is 11.0. The first-order valence-electron chi connectivity index (χ1n) is 9.23. The topological polar surface area (TPSA) is 112 Å². The first-order valence-corrected chi connectivity index (χ1v) is 9.23. The Kier molecular flexibility index (Phi) is 8.49. The number of para-hydroxylation sites is 2. The Morgan fingerprint density at radius 3 is 2.27 bits per heavy atom. The standard InChI is InChI=1S/C21H24N2O7/c1-4-28-21(26)15-9-11-16(12-10-15)29-13-19(24)22-23-20(25)14(2)30-18-8-6-5-7-17(18)27-3/h5-12,14H,4,13H2,1-3H3,(H,22,24)(H,23,25). The molecule has 0 radical (unpaired) electrons. The van der Waals surface area contributed by atoms with Gasteiger partial charge in [0.1, 0.15) is 5.75 Å². The fourth-order valence-corrected chi connectivity index (χ4v) is 2.28. The van der Waals surface area contributed by atoms with Crippen molar-refractivity contribution < 1.29 is 33.3 Å². The van der Waals surface area contributed by atoms with Crippen LogP contribution in [-0.4, -0.2) is 44.2 Å². The van der Waals surface area contributed by atoms with Gasteiger partial charge in [-0.15, -0.1) is 0 Å². The van der Waals surface area contributed by atoms with Crippen LogP contribution in [0.1, 0.15) is 24.2 Å². The second-order valence-corrected chi connectivity index (χ2v) is 5.98. The maximum Gasteiger partial charge on any atom is 0.338 e. The minimum atomic E-state index is -0.877. The quantitative estimate of drug-likeness (QED) is 0.474. The van der Waals surface area contributed by atoms with Gasteiger partial charge >= 0.3 is 5.97 Å². The third-order valence-corrected chi connectivity index (χ3v) is 3.80. The third-order valence-electron chi connectivity index (χ3n) is 3.80. The number of hydrogen-bond donors (Lipinski definition) is 2. The van der Waals surface area contributed by atoms with Crippen molar-refractivity contribution in [3.8, 4) is 17.2 Å². The Labute approximate surface area is 174 Å². The van der Waals surface area contributed by atoms with E-state index in [0.717, 1.165) is 0 Å². The lowest BCUT2D eigenvalue weighted by atomic mass is 10.2. The molecule has 0 aliphatic heterocycles. The molecule has 9 heteroatoms. The van der Waals surface area contributed by atoms with Crippen molar-refractivity contribution in [2.75, 3.05) is 20.3 Å². The summed E-state index contributed by atoms with van der Waals surface area (Å²) >= 11 is 0. The van der Waals surface area contributed by atoms with E-state index in [1.165, 1.54) is 26.2 Å². The highest BCUT2D eigenvalue weighted by Gasteiger charge is 2.17. The predicted octanol–water partition coefficient (Wildman–Crippen LogP) is 1.87. The lowest BCUT2D eigenvalue weighted by Gasteiger charge is -2.17. The molecule has 30 heavy (non-hydrogen) atoms. The predicted molar refractivity (Wildman–Crippen MR) is 107 cm³/mol.